The largest absolute Gasteiger partial charge is 0.347 e. The lowest BCUT2D eigenvalue weighted by atomic mass is 10.3. The summed E-state index contributed by atoms with van der Waals surface area (Å²) in [6, 6.07) is 4.40. The van der Waals surface area contributed by atoms with Gasteiger partial charge in [-0.3, -0.25) is 0 Å². The molecule has 15 heavy (non-hydrogen) atoms. The van der Waals surface area contributed by atoms with Gasteiger partial charge in [0, 0.05) is 34.7 Å². The first kappa shape index (κ1) is 10.4. The summed E-state index contributed by atoms with van der Waals surface area (Å²) in [5.74, 6) is 0. The maximum absolute atomic E-state index is 3.97. The summed E-state index contributed by atoms with van der Waals surface area (Å²) in [6.45, 7) is 3.97. The van der Waals surface area contributed by atoms with Crippen molar-refractivity contribution >= 4 is 11.3 Å². The fraction of sp³-hybridized carbons (Fsp3) is 0.364. The minimum atomic E-state index is 0.847. The lowest BCUT2D eigenvalue weighted by Gasteiger charge is -1.99. The van der Waals surface area contributed by atoms with Crippen LogP contribution in [0.5, 0.6) is 0 Å². The molecule has 0 fully saturated rings. The fourth-order valence-corrected chi connectivity index (χ4v) is 2.34. The topological polar surface area (TPSA) is 40.7 Å². The average molecular weight is 221 g/mol. The SMILES string of the molecule is CCc1ccc(CNCc2cnc[nH]2)s1. The predicted molar refractivity (Wildman–Crippen MR) is 62.8 cm³/mol. The van der Waals surface area contributed by atoms with Crippen LogP contribution in [0, 0.1) is 0 Å². The molecule has 2 heterocycles. The van der Waals surface area contributed by atoms with Crippen LogP contribution in [0.15, 0.2) is 24.7 Å². The van der Waals surface area contributed by atoms with Gasteiger partial charge < -0.3 is 10.3 Å². The van der Waals surface area contributed by atoms with Crippen LogP contribution in [0.25, 0.3) is 0 Å². The van der Waals surface area contributed by atoms with Crippen molar-refractivity contribution in [1.29, 1.82) is 0 Å². The zero-order valence-corrected chi connectivity index (χ0v) is 9.60. The molecule has 0 saturated heterocycles. The summed E-state index contributed by atoms with van der Waals surface area (Å²) in [5.41, 5.74) is 1.13. The van der Waals surface area contributed by atoms with E-state index in [-0.39, 0.29) is 0 Å². The molecule has 0 bridgehead atoms. The molecule has 2 aromatic rings. The number of aromatic nitrogens is 2. The van der Waals surface area contributed by atoms with Crippen LogP contribution in [0.2, 0.25) is 0 Å². The van der Waals surface area contributed by atoms with Crippen molar-refractivity contribution in [2.45, 2.75) is 26.4 Å². The Labute approximate surface area is 93.6 Å². The van der Waals surface area contributed by atoms with Gasteiger partial charge in [-0.25, -0.2) is 4.98 Å². The molecular weight excluding hydrogens is 206 g/mol. The molecule has 0 saturated carbocycles. The molecule has 0 unspecified atom stereocenters. The first-order valence-electron chi connectivity index (χ1n) is 5.14. The monoisotopic (exact) mass is 221 g/mol. The number of aromatic amines is 1. The van der Waals surface area contributed by atoms with Gasteiger partial charge in [0.25, 0.3) is 0 Å². The lowest BCUT2D eigenvalue weighted by Crippen LogP contribution is -2.11. The standard InChI is InChI=1S/C11H15N3S/c1-2-10-3-4-11(15-10)7-12-5-9-6-13-8-14-9/h3-4,6,8,12H,2,5,7H2,1H3,(H,13,14). The third-order valence-electron chi connectivity index (χ3n) is 2.24. The van der Waals surface area contributed by atoms with Gasteiger partial charge in [-0.05, 0) is 18.6 Å². The van der Waals surface area contributed by atoms with E-state index in [1.165, 1.54) is 9.75 Å². The van der Waals surface area contributed by atoms with Gasteiger partial charge in [0.2, 0.25) is 0 Å². The molecule has 0 aliphatic rings. The van der Waals surface area contributed by atoms with E-state index in [4.69, 9.17) is 0 Å². The quantitative estimate of drug-likeness (QED) is 0.813. The lowest BCUT2D eigenvalue weighted by molar-refractivity contribution is 0.689. The van der Waals surface area contributed by atoms with Crippen molar-refractivity contribution < 1.29 is 0 Å². The normalized spacial score (nSPS) is 10.7. The molecule has 2 rings (SSSR count). The van der Waals surface area contributed by atoms with Gasteiger partial charge in [-0.1, -0.05) is 6.92 Å². The van der Waals surface area contributed by atoms with E-state index in [2.05, 4.69) is 34.3 Å². The average Bonchev–Trinajstić information content (AvgIpc) is 2.88. The Balaban J connectivity index is 1.78. The first-order chi connectivity index (χ1) is 7.38. The molecule has 0 aliphatic heterocycles. The summed E-state index contributed by atoms with van der Waals surface area (Å²) in [7, 11) is 0. The highest BCUT2D eigenvalue weighted by molar-refractivity contribution is 7.11. The molecule has 0 atom stereocenters. The molecule has 0 aromatic carbocycles. The Morgan fingerprint density at radius 2 is 2.20 bits per heavy atom. The van der Waals surface area contributed by atoms with Crippen LogP contribution in [0.4, 0.5) is 0 Å². The number of hydrogen-bond acceptors (Lipinski definition) is 3. The molecule has 0 spiro atoms. The van der Waals surface area contributed by atoms with Crippen LogP contribution in [0.1, 0.15) is 22.4 Å². The number of thiophene rings is 1. The highest BCUT2D eigenvalue weighted by Crippen LogP contribution is 2.16. The van der Waals surface area contributed by atoms with Crippen molar-refractivity contribution in [3.8, 4) is 0 Å². The third kappa shape index (κ3) is 2.91. The second-order valence-electron chi connectivity index (χ2n) is 3.40. The second-order valence-corrected chi connectivity index (χ2v) is 4.65. The number of hydrogen-bond donors (Lipinski definition) is 2. The van der Waals surface area contributed by atoms with Crippen molar-refractivity contribution in [1.82, 2.24) is 15.3 Å². The predicted octanol–water partition coefficient (Wildman–Crippen LogP) is 2.32. The fourth-order valence-electron chi connectivity index (χ4n) is 1.41. The summed E-state index contributed by atoms with van der Waals surface area (Å²) in [6.07, 6.45) is 4.68. The zero-order chi connectivity index (χ0) is 10.5. The van der Waals surface area contributed by atoms with Crippen LogP contribution in [-0.4, -0.2) is 9.97 Å². The highest BCUT2D eigenvalue weighted by Gasteiger charge is 1.98. The Morgan fingerprint density at radius 1 is 1.33 bits per heavy atom. The number of rotatable bonds is 5. The minimum absolute atomic E-state index is 0.847. The maximum Gasteiger partial charge on any atom is 0.0922 e. The van der Waals surface area contributed by atoms with Crippen molar-refractivity contribution in [2.24, 2.45) is 0 Å². The van der Waals surface area contributed by atoms with Crippen LogP contribution >= 0.6 is 11.3 Å². The van der Waals surface area contributed by atoms with Gasteiger partial charge in [-0.2, -0.15) is 0 Å². The van der Waals surface area contributed by atoms with E-state index in [1.54, 1.807) is 6.33 Å². The molecule has 0 radical (unpaired) electrons. The Kier molecular flexibility index (Phi) is 3.53. The summed E-state index contributed by atoms with van der Waals surface area (Å²) in [5, 5.41) is 3.38. The van der Waals surface area contributed by atoms with Crippen LogP contribution in [0.3, 0.4) is 0 Å². The van der Waals surface area contributed by atoms with Crippen molar-refractivity contribution in [2.75, 3.05) is 0 Å². The van der Waals surface area contributed by atoms with E-state index in [0.717, 1.165) is 25.2 Å². The van der Waals surface area contributed by atoms with Gasteiger partial charge in [0.15, 0.2) is 0 Å². The maximum atomic E-state index is 3.97. The molecular formula is C11H15N3S. The van der Waals surface area contributed by atoms with E-state index >= 15 is 0 Å². The minimum Gasteiger partial charge on any atom is -0.347 e. The summed E-state index contributed by atoms with van der Waals surface area (Å²) in [4.78, 5) is 9.89. The summed E-state index contributed by atoms with van der Waals surface area (Å²) >= 11 is 1.88. The van der Waals surface area contributed by atoms with Gasteiger partial charge in [0.1, 0.15) is 0 Å². The smallest absolute Gasteiger partial charge is 0.0922 e. The molecule has 4 heteroatoms. The van der Waals surface area contributed by atoms with E-state index < -0.39 is 0 Å². The number of nitrogens with zero attached hydrogens (tertiary/aromatic N) is 1. The first-order valence-corrected chi connectivity index (χ1v) is 5.95. The van der Waals surface area contributed by atoms with E-state index in [9.17, 15) is 0 Å². The molecule has 0 aliphatic carbocycles. The van der Waals surface area contributed by atoms with Crippen LogP contribution in [-0.2, 0) is 19.5 Å². The zero-order valence-electron chi connectivity index (χ0n) is 8.79. The Hall–Kier alpha value is -1.13. The van der Waals surface area contributed by atoms with E-state index in [1.807, 2.05) is 17.5 Å². The second kappa shape index (κ2) is 5.09. The van der Waals surface area contributed by atoms with Crippen molar-refractivity contribution in [3.05, 3.63) is 40.1 Å². The third-order valence-corrected chi connectivity index (χ3v) is 3.46. The van der Waals surface area contributed by atoms with E-state index in [0.29, 0.717) is 0 Å². The van der Waals surface area contributed by atoms with Gasteiger partial charge in [0.05, 0.1) is 6.33 Å². The number of imidazole rings is 1. The molecule has 2 N–H and O–H groups in total. The molecule has 2 aromatic heterocycles. The Bertz CT molecular complexity index is 392. The number of nitrogens with one attached hydrogen (secondary N) is 2. The number of aryl methyl sites for hydroxylation is 1. The number of H-pyrrole nitrogens is 1. The molecule has 80 valence electrons. The Morgan fingerprint density at radius 3 is 2.87 bits per heavy atom. The van der Waals surface area contributed by atoms with Crippen molar-refractivity contribution in [3.63, 3.8) is 0 Å². The van der Waals surface area contributed by atoms with Gasteiger partial charge in [-0.15, -0.1) is 11.3 Å². The molecule has 0 amide bonds. The summed E-state index contributed by atoms with van der Waals surface area (Å²) < 4.78 is 0. The van der Waals surface area contributed by atoms with Gasteiger partial charge >= 0.3 is 0 Å². The van der Waals surface area contributed by atoms with Crippen LogP contribution < -0.4 is 5.32 Å². The molecule has 3 nitrogen and oxygen atoms in total. The highest BCUT2D eigenvalue weighted by atomic mass is 32.1.